The van der Waals surface area contributed by atoms with Gasteiger partial charge in [0, 0.05) is 12.5 Å². The van der Waals surface area contributed by atoms with Gasteiger partial charge in [0.05, 0.1) is 6.04 Å². The molecule has 0 saturated carbocycles. The van der Waals surface area contributed by atoms with E-state index in [9.17, 15) is 4.79 Å². The fraction of sp³-hybridized carbons (Fsp3) is 0.875. The summed E-state index contributed by atoms with van der Waals surface area (Å²) in [6.07, 6.45) is 2.86. The highest BCUT2D eigenvalue weighted by atomic mass is 16.1. The van der Waals surface area contributed by atoms with Crippen molar-refractivity contribution in [3.63, 3.8) is 0 Å². The second-order valence-corrected chi connectivity index (χ2v) is 3.02. The van der Waals surface area contributed by atoms with Gasteiger partial charge in [-0.3, -0.25) is 4.79 Å². The van der Waals surface area contributed by atoms with Crippen LogP contribution in [0.25, 0.3) is 0 Å². The average molecular weight is 141 g/mol. The fourth-order valence-electron chi connectivity index (χ4n) is 1.43. The number of Topliss-reactive ketones (excluding diaryl/α,β-unsaturated/α-hetero) is 1. The van der Waals surface area contributed by atoms with Gasteiger partial charge in [0.15, 0.2) is 0 Å². The summed E-state index contributed by atoms with van der Waals surface area (Å²) >= 11 is 0. The van der Waals surface area contributed by atoms with Gasteiger partial charge in [0.25, 0.3) is 0 Å². The molecule has 1 heterocycles. The van der Waals surface area contributed by atoms with Gasteiger partial charge in [0.1, 0.15) is 5.78 Å². The van der Waals surface area contributed by atoms with Crippen LogP contribution in [0.15, 0.2) is 0 Å². The average Bonchev–Trinajstić information content (AvgIpc) is 2.34. The Balaban J connectivity index is 2.37. The number of rotatable bonds is 2. The van der Waals surface area contributed by atoms with Gasteiger partial charge in [-0.15, -0.1) is 0 Å². The van der Waals surface area contributed by atoms with Crippen LogP contribution < -0.4 is 5.32 Å². The zero-order valence-electron chi connectivity index (χ0n) is 6.68. The van der Waals surface area contributed by atoms with Crippen molar-refractivity contribution in [2.45, 2.75) is 45.2 Å². The van der Waals surface area contributed by atoms with Crippen LogP contribution in [0.3, 0.4) is 0 Å². The van der Waals surface area contributed by atoms with Crippen LogP contribution in [-0.2, 0) is 4.79 Å². The molecular weight excluding hydrogens is 126 g/mol. The molecule has 0 aromatic carbocycles. The smallest absolute Gasteiger partial charge is 0.149 e. The third kappa shape index (κ3) is 1.57. The monoisotopic (exact) mass is 141 g/mol. The SMILES string of the molecule is CCC(=O)[C@@H]1CC[C@@H](C)N1. The van der Waals surface area contributed by atoms with Crippen LogP contribution in [-0.4, -0.2) is 17.9 Å². The maximum absolute atomic E-state index is 11.1. The molecule has 1 rings (SSSR count). The molecule has 1 aliphatic rings. The highest BCUT2D eigenvalue weighted by molar-refractivity contribution is 5.83. The van der Waals surface area contributed by atoms with Gasteiger partial charge in [0.2, 0.25) is 0 Å². The lowest BCUT2D eigenvalue weighted by Crippen LogP contribution is -2.33. The van der Waals surface area contributed by atoms with Gasteiger partial charge in [-0.25, -0.2) is 0 Å². The molecule has 0 amide bonds. The molecule has 58 valence electrons. The highest BCUT2D eigenvalue weighted by Crippen LogP contribution is 2.12. The minimum absolute atomic E-state index is 0.167. The number of nitrogens with one attached hydrogen (secondary N) is 1. The zero-order chi connectivity index (χ0) is 7.56. The lowest BCUT2D eigenvalue weighted by molar-refractivity contribution is -0.120. The summed E-state index contributed by atoms with van der Waals surface area (Å²) in [4.78, 5) is 11.1. The Hall–Kier alpha value is -0.370. The van der Waals surface area contributed by atoms with Crippen molar-refractivity contribution in [3.05, 3.63) is 0 Å². The van der Waals surface area contributed by atoms with E-state index in [1.54, 1.807) is 0 Å². The minimum atomic E-state index is 0.167. The largest absolute Gasteiger partial charge is 0.305 e. The van der Waals surface area contributed by atoms with Crippen LogP contribution in [0.4, 0.5) is 0 Å². The summed E-state index contributed by atoms with van der Waals surface area (Å²) in [6.45, 7) is 4.05. The van der Waals surface area contributed by atoms with E-state index in [1.165, 1.54) is 0 Å². The topological polar surface area (TPSA) is 29.1 Å². The molecule has 2 nitrogen and oxygen atoms in total. The van der Waals surface area contributed by atoms with E-state index in [-0.39, 0.29) is 6.04 Å². The maximum atomic E-state index is 11.1. The van der Waals surface area contributed by atoms with E-state index < -0.39 is 0 Å². The summed E-state index contributed by atoms with van der Waals surface area (Å²) < 4.78 is 0. The minimum Gasteiger partial charge on any atom is -0.305 e. The molecule has 0 aromatic heterocycles. The highest BCUT2D eigenvalue weighted by Gasteiger charge is 2.24. The Morgan fingerprint density at radius 3 is 2.70 bits per heavy atom. The fourth-order valence-corrected chi connectivity index (χ4v) is 1.43. The van der Waals surface area contributed by atoms with Gasteiger partial charge in [-0.1, -0.05) is 6.92 Å². The van der Waals surface area contributed by atoms with Crippen LogP contribution >= 0.6 is 0 Å². The molecule has 2 heteroatoms. The lowest BCUT2D eigenvalue weighted by Gasteiger charge is -2.07. The van der Waals surface area contributed by atoms with Crippen LogP contribution in [0, 0.1) is 0 Å². The number of hydrogen-bond donors (Lipinski definition) is 1. The Kier molecular flexibility index (Phi) is 2.44. The van der Waals surface area contributed by atoms with E-state index in [4.69, 9.17) is 0 Å². The molecule has 1 saturated heterocycles. The van der Waals surface area contributed by atoms with Crippen LogP contribution in [0.2, 0.25) is 0 Å². The van der Waals surface area contributed by atoms with Crippen molar-refractivity contribution >= 4 is 5.78 Å². The molecular formula is C8H15NO. The first kappa shape index (κ1) is 7.73. The first-order valence-corrected chi connectivity index (χ1v) is 4.02. The molecule has 1 N–H and O–H groups in total. The summed E-state index contributed by atoms with van der Waals surface area (Å²) in [7, 11) is 0. The molecule has 0 aliphatic carbocycles. The Morgan fingerprint density at radius 1 is 1.60 bits per heavy atom. The van der Waals surface area contributed by atoms with Crippen molar-refractivity contribution in [3.8, 4) is 0 Å². The Labute approximate surface area is 62.0 Å². The molecule has 0 unspecified atom stereocenters. The number of carbonyl (C=O) groups is 1. The first-order chi connectivity index (χ1) is 4.74. The summed E-state index contributed by atoms with van der Waals surface area (Å²) in [5, 5.41) is 3.25. The number of hydrogen-bond acceptors (Lipinski definition) is 2. The second-order valence-electron chi connectivity index (χ2n) is 3.02. The number of carbonyl (C=O) groups excluding carboxylic acids is 1. The quantitative estimate of drug-likeness (QED) is 0.624. The maximum Gasteiger partial charge on any atom is 0.149 e. The third-order valence-electron chi connectivity index (χ3n) is 2.11. The van der Waals surface area contributed by atoms with Gasteiger partial charge >= 0.3 is 0 Å². The Bertz CT molecular complexity index is 133. The molecule has 0 spiro atoms. The van der Waals surface area contributed by atoms with Crippen molar-refractivity contribution in [2.24, 2.45) is 0 Å². The summed E-state index contributed by atoms with van der Waals surface area (Å²) in [6, 6.07) is 0.709. The predicted molar refractivity (Wildman–Crippen MR) is 40.9 cm³/mol. The standard InChI is InChI=1S/C8H15NO/c1-3-8(10)7-5-4-6(2)9-7/h6-7,9H,3-5H2,1-2H3/t6-,7+/m1/s1. The zero-order valence-corrected chi connectivity index (χ0v) is 6.68. The summed E-state index contributed by atoms with van der Waals surface area (Å²) in [5.41, 5.74) is 0. The van der Waals surface area contributed by atoms with Gasteiger partial charge < -0.3 is 5.32 Å². The van der Waals surface area contributed by atoms with Crippen molar-refractivity contribution < 1.29 is 4.79 Å². The molecule has 1 fully saturated rings. The van der Waals surface area contributed by atoms with E-state index in [0.29, 0.717) is 18.2 Å². The van der Waals surface area contributed by atoms with E-state index >= 15 is 0 Å². The van der Waals surface area contributed by atoms with Crippen LogP contribution in [0.5, 0.6) is 0 Å². The third-order valence-corrected chi connectivity index (χ3v) is 2.11. The lowest BCUT2D eigenvalue weighted by atomic mass is 10.1. The molecule has 10 heavy (non-hydrogen) atoms. The van der Waals surface area contributed by atoms with E-state index in [1.807, 2.05) is 6.92 Å². The molecule has 1 aliphatic heterocycles. The first-order valence-electron chi connectivity index (χ1n) is 4.02. The summed E-state index contributed by atoms with van der Waals surface area (Å²) in [5.74, 6) is 0.365. The van der Waals surface area contributed by atoms with Crippen molar-refractivity contribution in [1.29, 1.82) is 0 Å². The van der Waals surface area contributed by atoms with Crippen molar-refractivity contribution in [2.75, 3.05) is 0 Å². The second kappa shape index (κ2) is 3.15. The normalized spacial score (nSPS) is 32.6. The molecule has 0 bridgehead atoms. The van der Waals surface area contributed by atoms with E-state index in [2.05, 4.69) is 12.2 Å². The molecule has 0 radical (unpaired) electrons. The van der Waals surface area contributed by atoms with E-state index in [0.717, 1.165) is 12.8 Å². The predicted octanol–water partition coefficient (Wildman–Crippen LogP) is 1.11. The number of ketones is 1. The Morgan fingerprint density at radius 2 is 2.30 bits per heavy atom. The molecule has 0 aromatic rings. The van der Waals surface area contributed by atoms with Crippen molar-refractivity contribution in [1.82, 2.24) is 5.32 Å². The van der Waals surface area contributed by atoms with Crippen LogP contribution in [0.1, 0.15) is 33.1 Å². The van der Waals surface area contributed by atoms with Gasteiger partial charge in [-0.05, 0) is 19.8 Å². The van der Waals surface area contributed by atoms with Gasteiger partial charge in [-0.2, -0.15) is 0 Å². The molecule has 2 atom stereocenters.